The van der Waals surface area contributed by atoms with E-state index >= 15 is 0 Å². The molecule has 248 valence electrons. The van der Waals surface area contributed by atoms with Gasteiger partial charge in [-0.3, -0.25) is 0 Å². The van der Waals surface area contributed by atoms with Crippen molar-refractivity contribution < 1.29 is 51.1 Å². The fourth-order valence-corrected chi connectivity index (χ4v) is 9.41. The van der Waals surface area contributed by atoms with E-state index in [0.29, 0.717) is 80.5 Å². The molecule has 10 N–H and O–H groups in total. The summed E-state index contributed by atoms with van der Waals surface area (Å²) in [6.45, 7) is 0. The molecule has 0 aliphatic rings. The molecule has 0 fully saturated rings. The Hall–Kier alpha value is -5.36. The molecular formula is C31H29B8NO10S. The minimum Gasteiger partial charge on any atom is -0.509 e. The van der Waals surface area contributed by atoms with E-state index in [-0.39, 0.29) is 44.7 Å². The minimum absolute atomic E-state index is 0.115. The van der Waals surface area contributed by atoms with Crippen LogP contribution < -0.4 is 43.7 Å². The second-order valence-electron chi connectivity index (χ2n) is 13.5. The third-order valence-corrected chi connectivity index (χ3v) is 12.4. The third kappa shape index (κ3) is 3.99. The molecule has 7 rings (SSSR count). The maximum absolute atomic E-state index is 12.2. The molecule has 0 aliphatic carbocycles. The summed E-state index contributed by atoms with van der Waals surface area (Å²) in [4.78, 5) is 0. The smallest absolute Gasteiger partial charge is 0.208 e. The summed E-state index contributed by atoms with van der Waals surface area (Å²) in [6, 6.07) is 0. The van der Waals surface area contributed by atoms with Crippen LogP contribution in [0.2, 0.25) is 0 Å². The van der Waals surface area contributed by atoms with Crippen LogP contribution in [0, 0.1) is 0 Å². The van der Waals surface area contributed by atoms with Crippen molar-refractivity contribution in [3.63, 3.8) is 0 Å². The molecule has 0 saturated heterocycles. The first kappa shape index (κ1) is 34.1. The summed E-state index contributed by atoms with van der Waals surface area (Å²) in [6.07, 6.45) is 0. The van der Waals surface area contributed by atoms with E-state index in [1.54, 1.807) is 74.4 Å². The van der Waals surface area contributed by atoms with E-state index in [9.17, 15) is 51.1 Å². The van der Waals surface area contributed by atoms with Gasteiger partial charge in [-0.1, -0.05) is 38.2 Å². The molecule has 20 heteroatoms. The van der Waals surface area contributed by atoms with Gasteiger partial charge in [0.2, 0.25) is 17.2 Å². The number of fused-ring (bicyclic) bond motifs is 7. The molecule has 51 heavy (non-hydrogen) atoms. The van der Waals surface area contributed by atoms with E-state index in [1.165, 1.54) is 11.3 Å². The number of aryl methyl sites for hydroxylation is 1. The van der Waals surface area contributed by atoms with Crippen LogP contribution >= 0.6 is 11.3 Å². The number of aromatic nitrogens is 1. The first-order valence-electron chi connectivity index (χ1n) is 16.0. The number of aromatic hydroxyl groups is 10. The number of hydrogen-bond donors (Lipinski definition) is 10. The van der Waals surface area contributed by atoms with Crippen molar-refractivity contribution in [1.29, 1.82) is 0 Å². The molecule has 5 aromatic carbocycles. The normalized spacial score (nSPS) is 11.9. The van der Waals surface area contributed by atoms with Gasteiger partial charge in [0.05, 0.1) is 32.1 Å². The zero-order chi connectivity index (χ0) is 37.6. The van der Waals surface area contributed by atoms with E-state index in [0.717, 1.165) is 0 Å². The molecule has 0 spiro atoms. The highest BCUT2D eigenvalue weighted by Crippen LogP contribution is 2.56. The molecule has 7 aromatic rings. The largest absolute Gasteiger partial charge is 0.509 e. The maximum Gasteiger partial charge on any atom is 0.208 e. The molecule has 0 atom stereocenters. The molecular weight excluding hydrogens is 665 g/mol. The van der Waals surface area contributed by atoms with Crippen LogP contribution in [-0.2, 0) is 7.05 Å². The second kappa shape index (κ2) is 10.8. The molecule has 0 bridgehead atoms. The van der Waals surface area contributed by atoms with Gasteiger partial charge in [0.25, 0.3) is 0 Å². The maximum atomic E-state index is 12.2. The Kier molecular flexibility index (Phi) is 7.24. The standard InChI is InChI=1S/C31H29B8NO10S/c1-40-18-5(6-19(40)17(39)21(42)8(20(6)41)3-11(33)14(36)25(46)15(37)12(3)34)22(43)29(50)31-7(18)4-10(32)2(13(35)16(38)30(4)51-31)9-23(44)26(47)28(49)27(48)24(9)45/h41-50H,32-39H2,1H3. The average Bonchev–Trinajstić information content (AvgIpc) is 3.64. The lowest BCUT2D eigenvalue weighted by atomic mass is 9.65. The first-order chi connectivity index (χ1) is 23.8. The van der Waals surface area contributed by atoms with Gasteiger partial charge in [-0.25, -0.2) is 0 Å². The highest BCUT2D eigenvalue weighted by molar-refractivity contribution is 7.27. The number of phenolic OH excluding ortho intramolecular Hbond substituents is 10. The van der Waals surface area contributed by atoms with Gasteiger partial charge in [0.15, 0.2) is 23.0 Å². The van der Waals surface area contributed by atoms with Gasteiger partial charge in [-0.2, -0.15) is 0 Å². The number of nitrogens with zero attached hydrogens (tertiary/aromatic N) is 1. The summed E-state index contributed by atoms with van der Waals surface area (Å²) in [7, 11) is 15.7. The topological polar surface area (TPSA) is 207 Å². The van der Waals surface area contributed by atoms with Crippen molar-refractivity contribution in [3.8, 4) is 79.7 Å². The van der Waals surface area contributed by atoms with Gasteiger partial charge in [-0.15, -0.1) is 11.3 Å². The third-order valence-electron chi connectivity index (χ3n) is 11.1. The quantitative estimate of drug-likeness (QED) is 0.0470. The number of benzene rings is 5. The summed E-state index contributed by atoms with van der Waals surface area (Å²) in [5, 5.41) is 112. The Morgan fingerprint density at radius 1 is 0.333 bits per heavy atom. The fraction of sp³-hybridized carbons (Fsp3) is 0.0323. The highest BCUT2D eigenvalue weighted by atomic mass is 32.1. The van der Waals surface area contributed by atoms with Crippen molar-refractivity contribution in [2.24, 2.45) is 7.05 Å². The van der Waals surface area contributed by atoms with Crippen molar-refractivity contribution >= 4 is 160 Å². The predicted octanol–water partition coefficient (Wildman–Crippen LogP) is -7.84. The van der Waals surface area contributed by atoms with Gasteiger partial charge in [0.1, 0.15) is 80.0 Å². The lowest BCUT2D eigenvalue weighted by molar-refractivity contribution is 0.330. The predicted molar refractivity (Wildman–Crippen MR) is 226 cm³/mol. The monoisotopic (exact) mass is 695 g/mol. The SMILES string of the molecule is Bc1c(B)c(-c2c(O)c(B)c3c(c2O)c2c(O)c(O)c4sc5c(B)c(B)c(-c6c(O)c(O)c(O)c(O)c6O)c(B)c5c4c2n3C)c(B)c(B)c1O. The van der Waals surface area contributed by atoms with E-state index in [4.69, 9.17) is 0 Å². The molecule has 0 aliphatic heterocycles. The molecule has 0 unspecified atom stereocenters. The summed E-state index contributed by atoms with van der Waals surface area (Å²) in [5.74, 6) is -6.16. The van der Waals surface area contributed by atoms with Crippen molar-refractivity contribution in [2.75, 3.05) is 0 Å². The Labute approximate surface area is 301 Å². The first-order valence-corrected chi connectivity index (χ1v) is 16.9. The zero-order valence-corrected chi connectivity index (χ0v) is 30.1. The van der Waals surface area contributed by atoms with Crippen molar-refractivity contribution in [2.45, 2.75) is 0 Å². The fourth-order valence-electron chi connectivity index (χ4n) is 8.05. The molecule has 0 radical (unpaired) electrons. The van der Waals surface area contributed by atoms with Gasteiger partial charge in [-0.05, 0) is 22.0 Å². The van der Waals surface area contributed by atoms with Crippen molar-refractivity contribution in [1.82, 2.24) is 4.57 Å². The lowest BCUT2D eigenvalue weighted by Crippen LogP contribution is -2.42. The van der Waals surface area contributed by atoms with Crippen molar-refractivity contribution in [3.05, 3.63) is 0 Å². The average molecular weight is 694 g/mol. The summed E-state index contributed by atoms with van der Waals surface area (Å²) < 4.78 is 2.74. The van der Waals surface area contributed by atoms with Gasteiger partial charge in [0, 0.05) is 22.7 Å². The number of rotatable bonds is 2. The van der Waals surface area contributed by atoms with Crippen LogP contribution in [0.15, 0.2) is 0 Å². The Morgan fingerprint density at radius 2 is 0.784 bits per heavy atom. The lowest BCUT2D eigenvalue weighted by Gasteiger charge is -2.22. The number of hydrogen-bond acceptors (Lipinski definition) is 11. The van der Waals surface area contributed by atoms with E-state index < -0.39 is 40.2 Å². The highest BCUT2D eigenvalue weighted by Gasteiger charge is 2.33. The molecule has 0 amide bonds. The molecule has 11 nitrogen and oxygen atoms in total. The molecule has 2 aromatic heterocycles. The number of phenols is 10. The minimum atomic E-state index is -1.08. The molecule has 0 saturated carbocycles. The summed E-state index contributed by atoms with van der Waals surface area (Å²) in [5.41, 5.74) is 5.92. The molecule has 2 heterocycles. The van der Waals surface area contributed by atoms with Crippen LogP contribution in [0.4, 0.5) is 0 Å². The number of thiophene rings is 1. The second-order valence-corrected chi connectivity index (χ2v) is 14.5. The Balaban J connectivity index is 1.74. The Bertz CT molecular complexity index is 2760. The van der Waals surface area contributed by atoms with Crippen LogP contribution in [0.3, 0.4) is 0 Å². The van der Waals surface area contributed by atoms with Gasteiger partial charge >= 0.3 is 0 Å². The van der Waals surface area contributed by atoms with E-state index in [1.807, 2.05) is 0 Å². The summed E-state index contributed by atoms with van der Waals surface area (Å²) >= 11 is 1.21. The van der Waals surface area contributed by atoms with Crippen LogP contribution in [0.1, 0.15) is 0 Å². The zero-order valence-electron chi connectivity index (χ0n) is 29.3. The van der Waals surface area contributed by atoms with Gasteiger partial charge < -0.3 is 55.6 Å². The Morgan fingerprint density at radius 3 is 1.33 bits per heavy atom. The van der Waals surface area contributed by atoms with Crippen LogP contribution in [0.25, 0.3) is 64.2 Å². The van der Waals surface area contributed by atoms with E-state index in [2.05, 4.69) is 0 Å². The van der Waals surface area contributed by atoms with Crippen LogP contribution in [-0.4, -0.2) is 118 Å². The van der Waals surface area contributed by atoms with Crippen LogP contribution in [0.5, 0.6) is 57.5 Å².